The summed E-state index contributed by atoms with van der Waals surface area (Å²) < 4.78 is 23.5. The van der Waals surface area contributed by atoms with Crippen molar-refractivity contribution < 1.29 is 24.1 Å². The number of benzene rings is 2. The van der Waals surface area contributed by atoms with Crippen LogP contribution in [0, 0.1) is 0 Å². The Hall–Kier alpha value is -7.18. The molecule has 298 valence electrons. The van der Waals surface area contributed by atoms with Crippen LogP contribution in [0.4, 0.5) is 0 Å². The Labute approximate surface area is 348 Å². The van der Waals surface area contributed by atoms with Crippen molar-refractivity contribution in [3.05, 3.63) is 170 Å². The minimum atomic E-state index is -0.490. The first kappa shape index (κ1) is 39.6. The first-order valence-electron chi connectivity index (χ1n) is 19.6. The summed E-state index contributed by atoms with van der Waals surface area (Å²) in [5, 5.41) is 9.88. The van der Waals surface area contributed by atoms with Crippen LogP contribution in [0.5, 0.6) is 11.5 Å². The van der Waals surface area contributed by atoms with E-state index in [1.54, 1.807) is 24.8 Å². The van der Waals surface area contributed by atoms with Gasteiger partial charge < -0.3 is 24.1 Å². The molecule has 1 N–H and O–H groups in total. The number of ether oxygens (including phenoxy) is 4. The van der Waals surface area contributed by atoms with E-state index in [-0.39, 0.29) is 19.8 Å². The van der Waals surface area contributed by atoms with E-state index in [4.69, 9.17) is 28.9 Å². The van der Waals surface area contributed by atoms with Gasteiger partial charge in [-0.25, -0.2) is 9.97 Å². The molecule has 6 aromatic heterocycles. The summed E-state index contributed by atoms with van der Waals surface area (Å²) in [6.45, 7) is 1.32. The molecular weight excluding hydrogens is 753 g/mol. The number of hydrogen-bond acceptors (Lipinski definition) is 11. The van der Waals surface area contributed by atoms with Crippen LogP contribution in [-0.2, 0) is 9.47 Å². The molecule has 0 aliphatic rings. The van der Waals surface area contributed by atoms with Gasteiger partial charge in [0.05, 0.1) is 72.0 Å². The third-order valence-electron chi connectivity index (χ3n) is 9.44. The molecule has 0 saturated carbocycles. The zero-order valence-corrected chi connectivity index (χ0v) is 32.7. The van der Waals surface area contributed by atoms with E-state index in [1.165, 1.54) is 0 Å². The molecule has 6 heterocycles. The van der Waals surface area contributed by atoms with Crippen molar-refractivity contribution in [2.75, 3.05) is 39.6 Å². The van der Waals surface area contributed by atoms with Gasteiger partial charge in [-0.3, -0.25) is 19.9 Å². The van der Waals surface area contributed by atoms with Crippen LogP contribution < -0.4 is 9.47 Å². The normalized spacial score (nSPS) is 11.6. The molecule has 0 amide bonds. The molecule has 0 radical (unpaired) electrons. The van der Waals surface area contributed by atoms with Crippen LogP contribution in [0.3, 0.4) is 0 Å². The summed E-state index contributed by atoms with van der Waals surface area (Å²) in [4.78, 5) is 27.7. The number of aliphatic hydroxyl groups excluding tert-OH is 1. The second-order valence-electron chi connectivity index (χ2n) is 13.6. The van der Waals surface area contributed by atoms with Crippen LogP contribution in [-0.4, -0.2) is 80.8 Å². The number of aromatic nitrogens is 6. The standard InChI is InChI=1S/C49H42N6O5/c56-33-41(60-28-27-59-40-19-15-36(16-20-40)38-31-48(44-11-3-7-23-52-44)55-49(32-38)45-12-4-8-24-53-45)34-57-25-26-58-39-17-13-35(14-18-39)37-29-46(42-9-1-5-21-50-42)54-47(30-37)43-10-2-6-22-51-43/h1-24,29-32,41,56H,25-28,33-34H2. The number of aliphatic hydroxyl groups is 1. The molecular formula is C49H42N6O5. The summed E-state index contributed by atoms with van der Waals surface area (Å²) in [6, 6.07) is 47.0. The number of pyridine rings is 6. The van der Waals surface area contributed by atoms with E-state index < -0.39 is 6.10 Å². The van der Waals surface area contributed by atoms with Crippen molar-refractivity contribution in [3.63, 3.8) is 0 Å². The largest absolute Gasteiger partial charge is 0.491 e. The highest BCUT2D eigenvalue weighted by Crippen LogP contribution is 2.31. The van der Waals surface area contributed by atoms with Crippen molar-refractivity contribution in [1.29, 1.82) is 0 Å². The molecule has 0 aliphatic carbocycles. The average molecular weight is 795 g/mol. The molecule has 8 aromatic rings. The molecule has 8 rings (SSSR count). The molecule has 11 nitrogen and oxygen atoms in total. The van der Waals surface area contributed by atoms with Gasteiger partial charge in [-0.15, -0.1) is 0 Å². The maximum absolute atomic E-state index is 9.88. The molecule has 0 bridgehead atoms. The Morgan fingerprint density at radius 2 is 0.783 bits per heavy atom. The zero-order chi connectivity index (χ0) is 40.8. The Bertz CT molecular complexity index is 2430. The smallest absolute Gasteiger partial charge is 0.119 e. The second-order valence-corrected chi connectivity index (χ2v) is 13.6. The van der Waals surface area contributed by atoms with Gasteiger partial charge in [-0.2, -0.15) is 0 Å². The molecule has 0 fully saturated rings. The van der Waals surface area contributed by atoms with E-state index in [9.17, 15) is 5.11 Å². The van der Waals surface area contributed by atoms with E-state index in [0.29, 0.717) is 25.6 Å². The van der Waals surface area contributed by atoms with Gasteiger partial charge in [0.2, 0.25) is 0 Å². The van der Waals surface area contributed by atoms with Gasteiger partial charge in [0, 0.05) is 24.8 Å². The number of rotatable bonds is 18. The lowest BCUT2D eigenvalue weighted by Crippen LogP contribution is -2.27. The van der Waals surface area contributed by atoms with E-state index >= 15 is 0 Å². The Morgan fingerprint density at radius 1 is 0.400 bits per heavy atom. The maximum atomic E-state index is 9.88. The predicted octanol–water partition coefficient (Wildman–Crippen LogP) is 8.91. The van der Waals surface area contributed by atoms with Gasteiger partial charge in [-0.1, -0.05) is 48.5 Å². The van der Waals surface area contributed by atoms with Crippen LogP contribution in [0.1, 0.15) is 0 Å². The van der Waals surface area contributed by atoms with Crippen LogP contribution >= 0.6 is 0 Å². The summed E-state index contributed by atoms with van der Waals surface area (Å²) >= 11 is 0. The average Bonchev–Trinajstić information content (AvgIpc) is 3.33. The van der Waals surface area contributed by atoms with E-state index in [1.807, 2.05) is 146 Å². The monoisotopic (exact) mass is 794 g/mol. The molecule has 1 atom stereocenters. The first-order chi connectivity index (χ1) is 29.7. The van der Waals surface area contributed by atoms with Gasteiger partial charge in [0.1, 0.15) is 30.8 Å². The first-order valence-corrected chi connectivity index (χ1v) is 19.6. The summed E-state index contributed by atoms with van der Waals surface area (Å²) in [7, 11) is 0. The van der Waals surface area contributed by atoms with Gasteiger partial charge >= 0.3 is 0 Å². The summed E-state index contributed by atoms with van der Waals surface area (Å²) in [5.74, 6) is 1.42. The lowest BCUT2D eigenvalue weighted by atomic mass is 10.0. The van der Waals surface area contributed by atoms with Crippen molar-refractivity contribution in [2.45, 2.75) is 6.10 Å². The van der Waals surface area contributed by atoms with Crippen LogP contribution in [0.15, 0.2) is 170 Å². The molecule has 2 aromatic carbocycles. The molecule has 1 unspecified atom stereocenters. The van der Waals surface area contributed by atoms with Crippen molar-refractivity contribution in [1.82, 2.24) is 29.9 Å². The molecule has 0 aliphatic heterocycles. The summed E-state index contributed by atoms with van der Waals surface area (Å²) in [5.41, 5.74) is 10.2. The van der Waals surface area contributed by atoms with Gasteiger partial charge in [-0.05, 0) is 119 Å². The van der Waals surface area contributed by atoms with E-state index in [2.05, 4.69) is 19.9 Å². The third-order valence-corrected chi connectivity index (χ3v) is 9.44. The Morgan fingerprint density at radius 3 is 1.13 bits per heavy atom. The Kier molecular flexibility index (Phi) is 13.2. The molecule has 0 spiro atoms. The van der Waals surface area contributed by atoms with Crippen molar-refractivity contribution >= 4 is 0 Å². The second kappa shape index (κ2) is 20.0. The molecule has 0 saturated heterocycles. The van der Waals surface area contributed by atoms with E-state index in [0.717, 1.165) is 73.6 Å². The van der Waals surface area contributed by atoms with Crippen LogP contribution in [0.2, 0.25) is 0 Å². The minimum absolute atomic E-state index is 0.178. The van der Waals surface area contributed by atoms with Gasteiger partial charge in [0.15, 0.2) is 0 Å². The SMILES string of the molecule is OCC(COCCOc1ccc(-c2cc(-c3ccccn3)nc(-c3ccccn3)c2)cc1)OCCOc1ccc(-c2cc(-c3ccccn3)nc(-c3ccccn3)c2)cc1. The highest BCUT2D eigenvalue weighted by molar-refractivity contribution is 5.76. The van der Waals surface area contributed by atoms with Crippen LogP contribution in [0.25, 0.3) is 67.8 Å². The fourth-order valence-electron chi connectivity index (χ4n) is 6.42. The van der Waals surface area contributed by atoms with Crippen molar-refractivity contribution in [3.8, 4) is 79.3 Å². The highest BCUT2D eigenvalue weighted by Gasteiger charge is 2.13. The highest BCUT2D eigenvalue weighted by atomic mass is 16.6. The van der Waals surface area contributed by atoms with Gasteiger partial charge in [0.25, 0.3) is 0 Å². The zero-order valence-electron chi connectivity index (χ0n) is 32.7. The number of hydrogen-bond donors (Lipinski definition) is 1. The topological polar surface area (TPSA) is 134 Å². The molecule has 11 heteroatoms. The molecule has 60 heavy (non-hydrogen) atoms. The fraction of sp³-hybridized carbons (Fsp3) is 0.143. The lowest BCUT2D eigenvalue weighted by Gasteiger charge is -2.16. The Balaban J connectivity index is 0.788. The predicted molar refractivity (Wildman–Crippen MR) is 231 cm³/mol. The summed E-state index contributed by atoms with van der Waals surface area (Å²) in [6.07, 6.45) is 6.56. The quantitative estimate of drug-likeness (QED) is 0.0835. The fourth-order valence-corrected chi connectivity index (χ4v) is 6.42. The van der Waals surface area contributed by atoms with Crippen molar-refractivity contribution in [2.24, 2.45) is 0 Å². The third kappa shape index (κ3) is 10.5. The minimum Gasteiger partial charge on any atom is -0.491 e. The maximum Gasteiger partial charge on any atom is 0.119 e. The number of nitrogens with zero attached hydrogens (tertiary/aromatic N) is 6. The lowest BCUT2D eigenvalue weighted by molar-refractivity contribution is -0.0523.